The van der Waals surface area contributed by atoms with Gasteiger partial charge in [0.05, 0.1) is 19.1 Å². The summed E-state index contributed by atoms with van der Waals surface area (Å²) in [5, 5.41) is 0. The van der Waals surface area contributed by atoms with Gasteiger partial charge in [0.25, 0.3) is 5.91 Å². The van der Waals surface area contributed by atoms with Crippen LogP contribution < -0.4 is 4.90 Å². The molecule has 0 radical (unpaired) electrons. The van der Waals surface area contributed by atoms with Crippen LogP contribution in [0.3, 0.4) is 0 Å². The number of anilines is 1. The average molecular weight is 364 g/mol. The number of esters is 1. The normalized spacial score (nSPS) is 16.3. The molecule has 0 saturated heterocycles. The second-order valence-corrected chi connectivity index (χ2v) is 5.88. The van der Waals surface area contributed by atoms with Gasteiger partial charge in [-0.1, -0.05) is 18.2 Å². The number of carbonyl (C=O) groups excluding carboxylic acids is 2. The van der Waals surface area contributed by atoms with E-state index in [-0.39, 0.29) is 24.6 Å². The SMILES string of the molecule is COC(=O)CC1CN(C(=O)c2cc(C(F)(F)F)ccn2)c2ccccc21. The topological polar surface area (TPSA) is 59.5 Å². The minimum Gasteiger partial charge on any atom is -0.469 e. The molecule has 1 aliphatic rings. The predicted molar refractivity (Wildman–Crippen MR) is 86.7 cm³/mol. The van der Waals surface area contributed by atoms with Gasteiger partial charge < -0.3 is 9.64 Å². The molecule has 1 aromatic heterocycles. The fraction of sp³-hybridized carbons (Fsp3) is 0.278. The molecular formula is C18H15F3N2O3. The summed E-state index contributed by atoms with van der Waals surface area (Å²) in [6.07, 6.45) is -3.52. The number of methoxy groups -OCH3 is 1. The van der Waals surface area contributed by atoms with Crippen LogP contribution in [0.1, 0.15) is 34.0 Å². The van der Waals surface area contributed by atoms with Crippen molar-refractivity contribution in [2.45, 2.75) is 18.5 Å². The first-order valence-corrected chi connectivity index (χ1v) is 7.82. The Kier molecular flexibility index (Phi) is 4.67. The number of amides is 1. The van der Waals surface area contributed by atoms with E-state index >= 15 is 0 Å². The first-order valence-electron chi connectivity index (χ1n) is 7.82. The zero-order chi connectivity index (χ0) is 18.9. The molecule has 136 valence electrons. The number of pyridine rings is 1. The lowest BCUT2D eigenvalue weighted by atomic mass is 9.98. The molecule has 0 N–H and O–H groups in total. The Morgan fingerprint density at radius 3 is 2.69 bits per heavy atom. The van der Waals surface area contributed by atoms with Crippen LogP contribution in [0.5, 0.6) is 0 Å². The van der Waals surface area contributed by atoms with Crippen molar-refractivity contribution in [2.75, 3.05) is 18.6 Å². The fourth-order valence-electron chi connectivity index (χ4n) is 3.01. The molecule has 1 atom stereocenters. The highest BCUT2D eigenvalue weighted by atomic mass is 19.4. The number of para-hydroxylation sites is 1. The standard InChI is InChI=1S/C18H15F3N2O3/c1-26-16(24)8-11-10-23(15-5-3-2-4-13(11)15)17(25)14-9-12(6-7-22-14)18(19,20)21/h2-7,9,11H,8,10H2,1H3. The maximum atomic E-state index is 12.9. The van der Waals surface area contributed by atoms with E-state index in [1.54, 1.807) is 24.3 Å². The van der Waals surface area contributed by atoms with E-state index in [0.717, 1.165) is 23.9 Å². The van der Waals surface area contributed by atoms with E-state index in [1.165, 1.54) is 12.0 Å². The summed E-state index contributed by atoms with van der Waals surface area (Å²) in [6, 6.07) is 8.53. The molecule has 1 amide bonds. The van der Waals surface area contributed by atoms with Crippen LogP contribution in [0, 0.1) is 0 Å². The Labute approximate surface area is 147 Å². The summed E-state index contributed by atoms with van der Waals surface area (Å²) < 4.78 is 43.3. The van der Waals surface area contributed by atoms with Crippen LogP contribution >= 0.6 is 0 Å². The summed E-state index contributed by atoms with van der Waals surface area (Å²) in [7, 11) is 1.28. The molecule has 0 aliphatic carbocycles. The van der Waals surface area contributed by atoms with Crippen molar-refractivity contribution in [3.63, 3.8) is 0 Å². The third-order valence-electron chi connectivity index (χ3n) is 4.26. The third-order valence-corrected chi connectivity index (χ3v) is 4.26. The first kappa shape index (κ1) is 17.9. The maximum absolute atomic E-state index is 12.9. The molecule has 8 heteroatoms. The van der Waals surface area contributed by atoms with Gasteiger partial charge >= 0.3 is 12.1 Å². The molecule has 1 aliphatic heterocycles. The highest BCUT2D eigenvalue weighted by molar-refractivity contribution is 6.06. The number of rotatable bonds is 3. The van der Waals surface area contributed by atoms with Gasteiger partial charge in [-0.3, -0.25) is 14.6 Å². The van der Waals surface area contributed by atoms with Crippen molar-refractivity contribution in [3.05, 3.63) is 59.4 Å². The molecule has 1 unspecified atom stereocenters. The van der Waals surface area contributed by atoms with Crippen LogP contribution in [0.25, 0.3) is 0 Å². The number of benzene rings is 1. The molecule has 0 bridgehead atoms. The van der Waals surface area contributed by atoms with Crippen molar-refractivity contribution in [1.29, 1.82) is 0 Å². The Morgan fingerprint density at radius 2 is 2.00 bits per heavy atom. The molecule has 1 aromatic carbocycles. The molecular weight excluding hydrogens is 349 g/mol. The van der Waals surface area contributed by atoms with E-state index in [2.05, 4.69) is 9.72 Å². The molecule has 2 heterocycles. The zero-order valence-electron chi connectivity index (χ0n) is 13.8. The Bertz CT molecular complexity index is 852. The minimum absolute atomic E-state index is 0.0767. The van der Waals surface area contributed by atoms with Crippen molar-refractivity contribution >= 4 is 17.6 Å². The summed E-state index contributed by atoms with van der Waals surface area (Å²) in [4.78, 5) is 29.5. The number of carbonyl (C=O) groups is 2. The van der Waals surface area contributed by atoms with Crippen molar-refractivity contribution in [2.24, 2.45) is 0 Å². The number of alkyl halides is 3. The summed E-state index contributed by atoms with van der Waals surface area (Å²) >= 11 is 0. The van der Waals surface area contributed by atoms with Crippen LogP contribution in [0.4, 0.5) is 18.9 Å². The lowest BCUT2D eigenvalue weighted by Crippen LogP contribution is -2.31. The first-order chi connectivity index (χ1) is 12.3. The quantitative estimate of drug-likeness (QED) is 0.783. The largest absolute Gasteiger partial charge is 0.469 e. The van der Waals surface area contributed by atoms with Gasteiger partial charge in [-0.25, -0.2) is 0 Å². The van der Waals surface area contributed by atoms with Gasteiger partial charge in [0.15, 0.2) is 0 Å². The van der Waals surface area contributed by atoms with E-state index in [4.69, 9.17) is 0 Å². The summed E-state index contributed by atoms with van der Waals surface area (Å²) in [6.45, 7) is 0.172. The van der Waals surface area contributed by atoms with E-state index in [1.807, 2.05) is 0 Å². The fourth-order valence-corrected chi connectivity index (χ4v) is 3.01. The molecule has 3 rings (SSSR count). The second-order valence-electron chi connectivity index (χ2n) is 5.88. The number of aromatic nitrogens is 1. The number of halogens is 3. The van der Waals surface area contributed by atoms with E-state index < -0.39 is 23.6 Å². The lowest BCUT2D eigenvalue weighted by molar-refractivity contribution is -0.141. The van der Waals surface area contributed by atoms with Crippen molar-refractivity contribution in [1.82, 2.24) is 4.98 Å². The number of fused-ring (bicyclic) bond motifs is 1. The summed E-state index contributed by atoms with van der Waals surface area (Å²) in [5.74, 6) is -1.35. The van der Waals surface area contributed by atoms with E-state index in [9.17, 15) is 22.8 Å². The summed E-state index contributed by atoms with van der Waals surface area (Å²) in [5.41, 5.74) is 0.103. The van der Waals surface area contributed by atoms with Gasteiger partial charge in [-0.2, -0.15) is 13.2 Å². The Balaban J connectivity index is 1.92. The molecule has 0 saturated carbocycles. The van der Waals surface area contributed by atoms with Crippen LogP contribution in [-0.2, 0) is 15.7 Å². The minimum atomic E-state index is -4.56. The van der Waals surface area contributed by atoms with Gasteiger partial charge in [0.2, 0.25) is 0 Å². The smallest absolute Gasteiger partial charge is 0.416 e. The molecule has 5 nitrogen and oxygen atoms in total. The molecule has 26 heavy (non-hydrogen) atoms. The third kappa shape index (κ3) is 3.40. The Hall–Kier alpha value is -2.90. The second kappa shape index (κ2) is 6.78. The van der Waals surface area contributed by atoms with E-state index in [0.29, 0.717) is 5.69 Å². The number of ether oxygens (including phenoxy) is 1. The number of hydrogen-bond donors (Lipinski definition) is 0. The van der Waals surface area contributed by atoms with Gasteiger partial charge in [0, 0.05) is 24.3 Å². The molecule has 2 aromatic rings. The molecule has 0 fully saturated rings. The highest BCUT2D eigenvalue weighted by Gasteiger charge is 2.36. The number of nitrogens with zero attached hydrogens (tertiary/aromatic N) is 2. The van der Waals surface area contributed by atoms with Gasteiger partial charge in [-0.05, 0) is 23.8 Å². The average Bonchev–Trinajstić information content (AvgIpc) is 2.99. The zero-order valence-corrected chi connectivity index (χ0v) is 13.8. The van der Waals surface area contributed by atoms with Gasteiger partial charge in [-0.15, -0.1) is 0 Å². The van der Waals surface area contributed by atoms with Gasteiger partial charge in [0.1, 0.15) is 5.69 Å². The predicted octanol–water partition coefficient (Wildman–Crippen LogP) is 3.41. The number of hydrogen-bond acceptors (Lipinski definition) is 4. The highest BCUT2D eigenvalue weighted by Crippen LogP contribution is 2.39. The van der Waals surface area contributed by atoms with Crippen LogP contribution in [0.2, 0.25) is 0 Å². The maximum Gasteiger partial charge on any atom is 0.416 e. The Morgan fingerprint density at radius 1 is 1.27 bits per heavy atom. The molecule has 0 spiro atoms. The van der Waals surface area contributed by atoms with Crippen LogP contribution in [-0.4, -0.2) is 30.5 Å². The monoisotopic (exact) mass is 364 g/mol. The van der Waals surface area contributed by atoms with Crippen molar-refractivity contribution < 1.29 is 27.5 Å². The van der Waals surface area contributed by atoms with Crippen molar-refractivity contribution in [3.8, 4) is 0 Å². The lowest BCUT2D eigenvalue weighted by Gasteiger charge is -2.18. The van der Waals surface area contributed by atoms with Crippen LogP contribution in [0.15, 0.2) is 42.6 Å².